The first-order chi connectivity index (χ1) is 12.2. The number of esters is 2. The fourth-order valence-electron chi connectivity index (χ4n) is 2.54. The molecule has 0 aliphatic carbocycles. The molecule has 8 nitrogen and oxygen atoms in total. The summed E-state index contributed by atoms with van der Waals surface area (Å²) in [6.45, 7) is 10.3. The van der Waals surface area contributed by atoms with E-state index in [0.29, 0.717) is 12.2 Å². The summed E-state index contributed by atoms with van der Waals surface area (Å²) in [6.07, 6.45) is 1.61. The molecule has 2 aromatic heterocycles. The fourth-order valence-corrected chi connectivity index (χ4v) is 2.54. The van der Waals surface area contributed by atoms with E-state index in [0.717, 1.165) is 0 Å². The van der Waals surface area contributed by atoms with Crippen molar-refractivity contribution in [1.29, 1.82) is 5.26 Å². The van der Waals surface area contributed by atoms with Crippen LogP contribution in [0.5, 0.6) is 0 Å². The zero-order chi connectivity index (χ0) is 19.5. The van der Waals surface area contributed by atoms with E-state index < -0.39 is 11.9 Å². The monoisotopic (exact) mass is 358 g/mol. The Morgan fingerprint density at radius 2 is 1.77 bits per heavy atom. The molecule has 0 atom stereocenters. The lowest BCUT2D eigenvalue weighted by Gasteiger charge is -2.19. The molecule has 0 spiro atoms. The number of ether oxygens (including phenoxy) is 2. The number of rotatable bonds is 5. The number of nitriles is 1. The molecule has 0 fully saturated rings. The summed E-state index contributed by atoms with van der Waals surface area (Å²) >= 11 is 0. The van der Waals surface area contributed by atoms with Crippen LogP contribution >= 0.6 is 0 Å². The van der Waals surface area contributed by atoms with Crippen LogP contribution in [0.15, 0.2) is 6.20 Å². The molecular formula is C18H22N4O4. The number of hydrogen-bond donors (Lipinski definition) is 0. The lowest BCUT2D eigenvalue weighted by atomic mass is 9.97. The van der Waals surface area contributed by atoms with Crippen molar-refractivity contribution in [3.05, 3.63) is 23.3 Å². The first-order valence-electron chi connectivity index (χ1n) is 8.37. The second-order valence-corrected chi connectivity index (χ2v) is 6.88. The van der Waals surface area contributed by atoms with Crippen molar-refractivity contribution in [3.8, 4) is 6.07 Å². The topological polar surface area (TPSA) is 107 Å². The summed E-state index contributed by atoms with van der Waals surface area (Å²) in [7, 11) is 0. The highest BCUT2D eigenvalue weighted by Gasteiger charge is 2.26. The molecule has 138 valence electrons. The average molecular weight is 358 g/mol. The van der Waals surface area contributed by atoms with Crippen molar-refractivity contribution in [1.82, 2.24) is 14.5 Å². The Bertz CT molecular complexity index is 887. The largest absolute Gasteiger partial charge is 0.461 e. The van der Waals surface area contributed by atoms with Gasteiger partial charge in [-0.2, -0.15) is 5.26 Å². The van der Waals surface area contributed by atoms with E-state index in [1.165, 1.54) is 0 Å². The van der Waals surface area contributed by atoms with Crippen molar-refractivity contribution >= 4 is 23.0 Å². The third-order valence-electron chi connectivity index (χ3n) is 3.41. The molecule has 2 aromatic rings. The van der Waals surface area contributed by atoms with Crippen molar-refractivity contribution in [2.75, 3.05) is 13.2 Å². The van der Waals surface area contributed by atoms with Crippen LogP contribution in [-0.2, 0) is 16.0 Å². The summed E-state index contributed by atoms with van der Waals surface area (Å²) in [5.74, 6) is -1.68. The van der Waals surface area contributed by atoms with E-state index in [1.807, 2.05) is 20.8 Å². The van der Waals surface area contributed by atoms with Crippen LogP contribution in [0, 0.1) is 16.7 Å². The molecule has 8 heteroatoms. The van der Waals surface area contributed by atoms with Gasteiger partial charge in [-0.15, -0.1) is 0 Å². The molecule has 0 saturated heterocycles. The number of aromatic nitrogens is 3. The van der Waals surface area contributed by atoms with Gasteiger partial charge in [0.05, 0.1) is 24.2 Å². The molecule has 2 rings (SSSR count). The van der Waals surface area contributed by atoms with Gasteiger partial charge < -0.3 is 14.0 Å². The summed E-state index contributed by atoms with van der Waals surface area (Å²) in [5, 5.41) is 9.76. The maximum absolute atomic E-state index is 12.4. The van der Waals surface area contributed by atoms with Gasteiger partial charge in [-0.3, -0.25) is 0 Å². The van der Waals surface area contributed by atoms with Crippen LogP contribution in [0.25, 0.3) is 11.0 Å². The third kappa shape index (κ3) is 3.99. The Kier molecular flexibility index (Phi) is 5.60. The molecule has 26 heavy (non-hydrogen) atoms. The van der Waals surface area contributed by atoms with Gasteiger partial charge in [0.25, 0.3) is 0 Å². The lowest BCUT2D eigenvalue weighted by molar-refractivity contribution is 0.0507. The summed E-state index contributed by atoms with van der Waals surface area (Å²) < 4.78 is 11.7. The van der Waals surface area contributed by atoms with E-state index in [9.17, 15) is 14.9 Å². The number of carbonyl (C=O) groups is 2. The molecule has 0 saturated carbocycles. The summed E-state index contributed by atoms with van der Waals surface area (Å²) in [6, 6.07) is 2.06. The van der Waals surface area contributed by atoms with Gasteiger partial charge in [0, 0.05) is 12.7 Å². The smallest absolute Gasteiger partial charge is 0.376 e. The van der Waals surface area contributed by atoms with E-state index in [2.05, 4.69) is 16.0 Å². The van der Waals surface area contributed by atoms with Crippen LogP contribution in [-0.4, -0.2) is 39.7 Å². The highest BCUT2D eigenvalue weighted by atomic mass is 16.5. The second kappa shape index (κ2) is 7.52. The van der Waals surface area contributed by atoms with Crippen molar-refractivity contribution in [3.63, 3.8) is 0 Å². The van der Waals surface area contributed by atoms with Crippen LogP contribution in [0.1, 0.15) is 61.3 Å². The minimum atomic E-state index is -0.734. The van der Waals surface area contributed by atoms with Crippen LogP contribution in [0.3, 0.4) is 0 Å². The van der Waals surface area contributed by atoms with Crippen LogP contribution in [0.4, 0.5) is 0 Å². The van der Waals surface area contributed by atoms with Gasteiger partial charge in [0.2, 0.25) is 5.82 Å². The normalized spacial score (nSPS) is 11.2. The van der Waals surface area contributed by atoms with E-state index in [4.69, 9.17) is 9.47 Å². The maximum atomic E-state index is 12.4. The summed E-state index contributed by atoms with van der Waals surface area (Å²) in [5.41, 5.74) is 0.363. The van der Waals surface area contributed by atoms with Gasteiger partial charge in [-0.1, -0.05) is 20.8 Å². The molecule has 0 unspecified atom stereocenters. The zero-order valence-corrected chi connectivity index (χ0v) is 15.6. The first-order valence-corrected chi connectivity index (χ1v) is 8.37. The van der Waals surface area contributed by atoms with Gasteiger partial charge in [-0.05, 0) is 19.3 Å². The van der Waals surface area contributed by atoms with Crippen LogP contribution in [0.2, 0.25) is 0 Å². The highest BCUT2D eigenvalue weighted by Crippen LogP contribution is 2.27. The predicted octanol–water partition coefficient (Wildman–Crippen LogP) is 2.70. The first kappa shape index (κ1) is 19.4. The molecule has 0 aliphatic heterocycles. The Morgan fingerprint density at radius 1 is 1.15 bits per heavy atom. The molecule has 0 aromatic carbocycles. The summed E-state index contributed by atoms with van der Waals surface area (Å²) in [4.78, 5) is 32.8. The van der Waals surface area contributed by atoms with Gasteiger partial charge in [0.1, 0.15) is 11.7 Å². The standard InChI is InChI=1S/C18H22N4O4/c1-6-25-16(23)13-12-11(8-19)9-22(10-18(3,4)5)15(12)21-14(20-13)17(24)26-7-2/h9H,6-7,10H2,1-5H3. The molecule has 2 heterocycles. The molecular weight excluding hydrogens is 336 g/mol. The van der Waals surface area contributed by atoms with Crippen LogP contribution < -0.4 is 0 Å². The molecule has 0 radical (unpaired) electrons. The van der Waals surface area contributed by atoms with Crippen molar-refractivity contribution < 1.29 is 19.1 Å². The maximum Gasteiger partial charge on any atom is 0.376 e. The number of hydrogen-bond acceptors (Lipinski definition) is 7. The molecule has 0 bridgehead atoms. The minimum absolute atomic E-state index is 0.107. The average Bonchev–Trinajstić information content (AvgIpc) is 2.90. The van der Waals surface area contributed by atoms with Crippen molar-refractivity contribution in [2.45, 2.75) is 41.2 Å². The SMILES string of the molecule is CCOC(=O)c1nc(C(=O)OCC)c2c(C#N)cn(CC(C)(C)C)c2n1. The number of fused-ring (bicyclic) bond motifs is 1. The van der Waals surface area contributed by atoms with Gasteiger partial charge >= 0.3 is 11.9 Å². The Morgan fingerprint density at radius 3 is 2.31 bits per heavy atom. The predicted molar refractivity (Wildman–Crippen MR) is 93.6 cm³/mol. The van der Waals surface area contributed by atoms with Gasteiger partial charge in [-0.25, -0.2) is 19.6 Å². The quantitative estimate of drug-likeness (QED) is 0.756. The van der Waals surface area contributed by atoms with E-state index >= 15 is 0 Å². The number of carbonyl (C=O) groups excluding carboxylic acids is 2. The zero-order valence-electron chi connectivity index (χ0n) is 15.6. The van der Waals surface area contributed by atoms with E-state index in [1.54, 1.807) is 24.6 Å². The molecule has 0 N–H and O–H groups in total. The molecule has 0 aliphatic rings. The Labute approximate surface area is 151 Å². The Hall–Kier alpha value is -2.95. The van der Waals surface area contributed by atoms with Gasteiger partial charge in [0.15, 0.2) is 5.69 Å². The molecule has 0 amide bonds. The fraction of sp³-hybridized carbons (Fsp3) is 0.500. The third-order valence-corrected chi connectivity index (χ3v) is 3.41. The lowest BCUT2D eigenvalue weighted by Crippen LogP contribution is -2.18. The van der Waals surface area contributed by atoms with Crippen molar-refractivity contribution in [2.24, 2.45) is 5.41 Å². The minimum Gasteiger partial charge on any atom is -0.461 e. The Balaban J connectivity index is 2.79. The number of nitrogens with zero attached hydrogens (tertiary/aromatic N) is 4. The second-order valence-electron chi connectivity index (χ2n) is 6.88. The van der Waals surface area contributed by atoms with E-state index in [-0.39, 0.29) is 41.1 Å². The highest BCUT2D eigenvalue weighted by molar-refractivity contribution is 6.04.